The average molecular weight is 368 g/mol. The minimum Gasteiger partial charge on any atom is -0.458 e. The van der Waals surface area contributed by atoms with Crippen molar-refractivity contribution in [3.05, 3.63) is 10.6 Å². The van der Waals surface area contributed by atoms with Crippen LogP contribution in [0.3, 0.4) is 0 Å². The number of esters is 1. The summed E-state index contributed by atoms with van der Waals surface area (Å²) >= 11 is 1.47. The molecule has 0 aromatic rings. The molecule has 0 spiro atoms. The lowest BCUT2D eigenvalue weighted by Gasteiger charge is -2.46. The fraction of sp³-hybridized carbons (Fsp3) is 0.706. The standard InChI is InChI=1S/C17H24N2O5S/c1-7(2)24-17(23)14-15(25-10-5-11(21)18-6-10)8(3)13-12(9(4)20)16(22)19(13)14/h7-10,12-13,20H,5-6H2,1-4H3,(H,18,21)/t8-,9-,10?,12?,13?/m1/s1. The lowest BCUT2D eigenvalue weighted by Crippen LogP contribution is -2.63. The van der Waals surface area contributed by atoms with Crippen molar-refractivity contribution in [2.24, 2.45) is 11.8 Å². The van der Waals surface area contributed by atoms with Crippen LogP contribution in [-0.2, 0) is 19.1 Å². The van der Waals surface area contributed by atoms with Crippen LogP contribution < -0.4 is 5.32 Å². The van der Waals surface area contributed by atoms with E-state index in [1.165, 1.54) is 16.7 Å². The number of hydrogen-bond acceptors (Lipinski definition) is 6. The Hall–Kier alpha value is -1.54. The van der Waals surface area contributed by atoms with E-state index in [0.29, 0.717) is 13.0 Å². The Kier molecular flexibility index (Phi) is 4.85. The molecular formula is C17H24N2O5S. The normalized spacial score (nSPS) is 32.6. The zero-order chi connectivity index (χ0) is 18.5. The number of hydrogen-bond donors (Lipinski definition) is 2. The molecule has 3 unspecified atom stereocenters. The van der Waals surface area contributed by atoms with Crippen molar-refractivity contribution < 1.29 is 24.2 Å². The number of thioether (sulfide) groups is 1. The fourth-order valence-corrected chi connectivity index (χ4v) is 5.19. The topological polar surface area (TPSA) is 95.9 Å². The van der Waals surface area contributed by atoms with Crippen LogP contribution in [0.1, 0.15) is 34.1 Å². The highest BCUT2D eigenvalue weighted by atomic mass is 32.2. The Bertz CT molecular complexity index is 645. The number of aliphatic hydroxyl groups is 1. The summed E-state index contributed by atoms with van der Waals surface area (Å²) in [7, 11) is 0. The van der Waals surface area contributed by atoms with Gasteiger partial charge in [0.25, 0.3) is 0 Å². The third kappa shape index (κ3) is 3.06. The van der Waals surface area contributed by atoms with E-state index in [2.05, 4.69) is 5.32 Å². The van der Waals surface area contributed by atoms with E-state index in [-0.39, 0.29) is 40.8 Å². The van der Waals surface area contributed by atoms with Crippen LogP contribution in [0.2, 0.25) is 0 Å². The summed E-state index contributed by atoms with van der Waals surface area (Å²) in [6, 6.07) is -0.227. The SMILES string of the molecule is CC(C)OC(=O)C1=C(SC2CNC(=O)C2)[C@H](C)C2C([C@@H](C)O)C(=O)N12. The molecule has 2 saturated heterocycles. The van der Waals surface area contributed by atoms with Crippen molar-refractivity contribution in [2.45, 2.75) is 57.6 Å². The Labute approximate surface area is 151 Å². The van der Waals surface area contributed by atoms with Crippen molar-refractivity contribution in [3.8, 4) is 0 Å². The number of amides is 2. The summed E-state index contributed by atoms with van der Waals surface area (Å²) in [6.07, 6.45) is -0.664. The predicted molar refractivity (Wildman–Crippen MR) is 92.2 cm³/mol. The molecule has 3 heterocycles. The van der Waals surface area contributed by atoms with Crippen LogP contribution in [0.25, 0.3) is 0 Å². The van der Waals surface area contributed by atoms with Crippen molar-refractivity contribution >= 4 is 29.5 Å². The number of aliphatic hydroxyl groups excluding tert-OH is 1. The monoisotopic (exact) mass is 368 g/mol. The van der Waals surface area contributed by atoms with Crippen LogP contribution in [0.5, 0.6) is 0 Å². The van der Waals surface area contributed by atoms with E-state index < -0.39 is 18.0 Å². The van der Waals surface area contributed by atoms with Gasteiger partial charge in [0, 0.05) is 29.0 Å². The highest BCUT2D eigenvalue weighted by molar-refractivity contribution is 8.03. The van der Waals surface area contributed by atoms with Gasteiger partial charge in [0.2, 0.25) is 11.8 Å². The summed E-state index contributed by atoms with van der Waals surface area (Å²) < 4.78 is 5.35. The zero-order valence-corrected chi connectivity index (χ0v) is 15.6. The minimum absolute atomic E-state index is 0.00346. The Morgan fingerprint density at radius 1 is 1.36 bits per heavy atom. The maximum Gasteiger partial charge on any atom is 0.356 e. The Morgan fingerprint density at radius 2 is 2.04 bits per heavy atom. The molecule has 0 aliphatic carbocycles. The lowest BCUT2D eigenvalue weighted by molar-refractivity contribution is -0.165. The molecule has 0 saturated carbocycles. The van der Waals surface area contributed by atoms with Gasteiger partial charge < -0.3 is 20.1 Å². The second-order valence-electron chi connectivity index (χ2n) is 7.17. The number of fused-ring (bicyclic) bond motifs is 1. The van der Waals surface area contributed by atoms with Crippen LogP contribution in [-0.4, -0.2) is 57.8 Å². The third-order valence-corrected chi connectivity index (χ3v) is 6.36. The number of β-lactam (4-membered cyclic amide) rings is 1. The van der Waals surface area contributed by atoms with Crippen molar-refractivity contribution in [1.82, 2.24) is 10.2 Å². The predicted octanol–water partition coefficient (Wildman–Crippen LogP) is 0.629. The van der Waals surface area contributed by atoms with Gasteiger partial charge in [-0.2, -0.15) is 0 Å². The molecule has 0 radical (unpaired) electrons. The second-order valence-corrected chi connectivity index (χ2v) is 8.51. The first-order valence-electron chi connectivity index (χ1n) is 8.62. The lowest BCUT2D eigenvalue weighted by atomic mass is 9.79. The number of carbonyl (C=O) groups is 3. The van der Waals surface area contributed by atoms with Crippen LogP contribution in [0.15, 0.2) is 10.6 Å². The van der Waals surface area contributed by atoms with Gasteiger partial charge in [0.15, 0.2) is 0 Å². The van der Waals surface area contributed by atoms with Gasteiger partial charge in [-0.3, -0.25) is 9.59 Å². The number of nitrogens with zero attached hydrogens (tertiary/aromatic N) is 1. The summed E-state index contributed by atoms with van der Waals surface area (Å²) in [6.45, 7) is 7.63. The number of rotatable bonds is 5. The van der Waals surface area contributed by atoms with Gasteiger partial charge in [-0.15, -0.1) is 11.8 Å². The number of nitrogens with one attached hydrogen (secondary N) is 1. The first kappa shape index (κ1) is 18.3. The molecule has 7 nitrogen and oxygen atoms in total. The molecule has 8 heteroatoms. The highest BCUT2D eigenvalue weighted by Crippen LogP contribution is 2.51. The molecule has 0 aromatic carbocycles. The second kappa shape index (κ2) is 6.64. The first-order chi connectivity index (χ1) is 11.7. The smallest absolute Gasteiger partial charge is 0.356 e. The van der Waals surface area contributed by atoms with E-state index >= 15 is 0 Å². The summed E-state index contributed by atoms with van der Waals surface area (Å²) in [5.41, 5.74) is 0.289. The molecule has 0 bridgehead atoms. The van der Waals surface area contributed by atoms with Gasteiger partial charge in [-0.25, -0.2) is 4.79 Å². The molecule has 0 aromatic heterocycles. The summed E-state index contributed by atoms with van der Waals surface area (Å²) in [5.74, 6) is -1.33. The number of ether oxygens (including phenoxy) is 1. The molecule has 138 valence electrons. The van der Waals surface area contributed by atoms with Gasteiger partial charge >= 0.3 is 5.97 Å². The average Bonchev–Trinajstić information content (AvgIpc) is 3.00. The fourth-order valence-electron chi connectivity index (χ4n) is 3.78. The van der Waals surface area contributed by atoms with E-state index in [1.54, 1.807) is 20.8 Å². The largest absolute Gasteiger partial charge is 0.458 e. The van der Waals surface area contributed by atoms with Gasteiger partial charge in [-0.1, -0.05) is 6.92 Å². The van der Waals surface area contributed by atoms with Gasteiger partial charge in [0.1, 0.15) is 5.70 Å². The molecule has 5 atom stereocenters. The van der Waals surface area contributed by atoms with E-state index in [9.17, 15) is 19.5 Å². The maximum absolute atomic E-state index is 12.6. The van der Waals surface area contributed by atoms with Gasteiger partial charge in [-0.05, 0) is 20.8 Å². The molecule has 3 aliphatic rings. The van der Waals surface area contributed by atoms with Gasteiger partial charge in [0.05, 0.1) is 24.2 Å². The van der Waals surface area contributed by atoms with Crippen LogP contribution in [0.4, 0.5) is 0 Å². The minimum atomic E-state index is -0.766. The van der Waals surface area contributed by atoms with E-state index in [4.69, 9.17) is 4.74 Å². The molecule has 2 N–H and O–H groups in total. The third-order valence-electron chi connectivity index (χ3n) is 4.88. The molecule has 3 aliphatic heterocycles. The molecular weight excluding hydrogens is 344 g/mol. The summed E-state index contributed by atoms with van der Waals surface area (Å²) in [4.78, 5) is 38.9. The van der Waals surface area contributed by atoms with Crippen LogP contribution in [0, 0.1) is 11.8 Å². The summed E-state index contributed by atoms with van der Waals surface area (Å²) in [5, 5.41) is 12.8. The zero-order valence-electron chi connectivity index (χ0n) is 14.8. The van der Waals surface area contributed by atoms with Crippen molar-refractivity contribution in [1.29, 1.82) is 0 Å². The Balaban J connectivity index is 1.91. The Morgan fingerprint density at radius 3 is 2.56 bits per heavy atom. The molecule has 2 amide bonds. The molecule has 2 fully saturated rings. The quantitative estimate of drug-likeness (QED) is 0.546. The van der Waals surface area contributed by atoms with Crippen molar-refractivity contribution in [3.63, 3.8) is 0 Å². The first-order valence-corrected chi connectivity index (χ1v) is 9.50. The molecule has 25 heavy (non-hydrogen) atoms. The highest BCUT2D eigenvalue weighted by Gasteiger charge is 2.60. The van der Waals surface area contributed by atoms with Crippen molar-refractivity contribution in [2.75, 3.05) is 6.54 Å². The van der Waals surface area contributed by atoms with E-state index in [0.717, 1.165) is 4.91 Å². The van der Waals surface area contributed by atoms with Crippen LogP contribution >= 0.6 is 11.8 Å². The van der Waals surface area contributed by atoms with E-state index in [1.807, 2.05) is 6.92 Å². The number of carbonyl (C=O) groups excluding carboxylic acids is 3. The molecule has 3 rings (SSSR count). The maximum atomic E-state index is 12.6.